The summed E-state index contributed by atoms with van der Waals surface area (Å²) in [5.74, 6) is -2.11. The van der Waals surface area contributed by atoms with Crippen molar-refractivity contribution in [2.45, 2.75) is 26.3 Å². The molecule has 130 valence electrons. The fourth-order valence-corrected chi connectivity index (χ4v) is 3.06. The molecule has 25 heavy (non-hydrogen) atoms. The van der Waals surface area contributed by atoms with Gasteiger partial charge >= 0.3 is 0 Å². The van der Waals surface area contributed by atoms with Crippen LogP contribution < -0.4 is 10.2 Å². The van der Waals surface area contributed by atoms with Crippen LogP contribution in [0.4, 0.5) is 14.5 Å². The van der Waals surface area contributed by atoms with E-state index in [1.165, 1.54) is 0 Å². The molecule has 1 aliphatic heterocycles. The first-order valence-corrected chi connectivity index (χ1v) is 8.08. The SMILES string of the molecule is CC(=O)N1CCCc2cc(CNC(=O)c3cc(F)cc(F)c3)ccc21. The van der Waals surface area contributed by atoms with Crippen LogP contribution in [0.2, 0.25) is 0 Å². The van der Waals surface area contributed by atoms with Crippen molar-refractivity contribution in [3.63, 3.8) is 0 Å². The molecule has 0 atom stereocenters. The summed E-state index contributed by atoms with van der Waals surface area (Å²) in [6.45, 7) is 2.50. The highest BCUT2D eigenvalue weighted by molar-refractivity contribution is 5.94. The first kappa shape index (κ1) is 17.1. The largest absolute Gasteiger partial charge is 0.348 e. The Hall–Kier alpha value is -2.76. The number of halogens is 2. The van der Waals surface area contributed by atoms with Crippen molar-refractivity contribution in [1.29, 1.82) is 0 Å². The highest BCUT2D eigenvalue weighted by Crippen LogP contribution is 2.28. The van der Waals surface area contributed by atoms with Crippen LogP contribution in [-0.2, 0) is 17.8 Å². The lowest BCUT2D eigenvalue weighted by atomic mass is 9.99. The zero-order chi connectivity index (χ0) is 18.0. The van der Waals surface area contributed by atoms with E-state index >= 15 is 0 Å². The van der Waals surface area contributed by atoms with Crippen molar-refractivity contribution < 1.29 is 18.4 Å². The molecule has 0 spiro atoms. The summed E-state index contributed by atoms with van der Waals surface area (Å²) < 4.78 is 26.4. The van der Waals surface area contributed by atoms with Gasteiger partial charge in [-0.15, -0.1) is 0 Å². The van der Waals surface area contributed by atoms with E-state index in [4.69, 9.17) is 0 Å². The Morgan fingerprint density at radius 3 is 2.52 bits per heavy atom. The molecule has 3 rings (SSSR count). The number of anilines is 1. The second-order valence-electron chi connectivity index (χ2n) is 6.08. The highest BCUT2D eigenvalue weighted by Gasteiger charge is 2.20. The predicted octanol–water partition coefficient (Wildman–Crippen LogP) is 3.19. The van der Waals surface area contributed by atoms with Gasteiger partial charge in [0.25, 0.3) is 5.91 Å². The lowest BCUT2D eigenvalue weighted by Gasteiger charge is -2.29. The lowest BCUT2D eigenvalue weighted by molar-refractivity contribution is -0.116. The van der Waals surface area contributed by atoms with Crippen LogP contribution in [0, 0.1) is 11.6 Å². The number of rotatable bonds is 3. The molecule has 2 amide bonds. The van der Waals surface area contributed by atoms with Crippen LogP contribution in [0.15, 0.2) is 36.4 Å². The summed E-state index contributed by atoms with van der Waals surface area (Å²) >= 11 is 0. The molecule has 0 aromatic heterocycles. The van der Waals surface area contributed by atoms with E-state index in [0.717, 1.165) is 47.9 Å². The van der Waals surface area contributed by atoms with Crippen molar-refractivity contribution in [3.8, 4) is 0 Å². The Morgan fingerprint density at radius 1 is 1.12 bits per heavy atom. The Morgan fingerprint density at radius 2 is 1.84 bits per heavy atom. The summed E-state index contributed by atoms with van der Waals surface area (Å²) in [5, 5.41) is 2.66. The number of hydrogen-bond acceptors (Lipinski definition) is 2. The van der Waals surface area contributed by atoms with Gasteiger partial charge in [-0.2, -0.15) is 0 Å². The molecule has 1 aliphatic rings. The summed E-state index contributed by atoms with van der Waals surface area (Å²) in [6.07, 6.45) is 1.76. The number of aryl methyl sites for hydroxylation is 1. The Bertz CT molecular complexity index is 816. The number of nitrogens with zero attached hydrogens (tertiary/aromatic N) is 1. The van der Waals surface area contributed by atoms with Crippen molar-refractivity contribution >= 4 is 17.5 Å². The zero-order valence-corrected chi connectivity index (χ0v) is 13.8. The van der Waals surface area contributed by atoms with Crippen LogP contribution in [0.1, 0.15) is 34.8 Å². The summed E-state index contributed by atoms with van der Waals surface area (Å²) in [6, 6.07) is 8.38. The van der Waals surface area contributed by atoms with Gasteiger partial charge < -0.3 is 10.2 Å². The van der Waals surface area contributed by atoms with Gasteiger partial charge in [-0.1, -0.05) is 12.1 Å². The van der Waals surface area contributed by atoms with Crippen molar-refractivity contribution in [2.75, 3.05) is 11.4 Å². The summed E-state index contributed by atoms with van der Waals surface area (Å²) in [7, 11) is 0. The molecule has 0 unspecified atom stereocenters. The van der Waals surface area contributed by atoms with Crippen molar-refractivity contribution in [3.05, 3.63) is 64.7 Å². The third-order valence-electron chi connectivity index (χ3n) is 4.22. The van der Waals surface area contributed by atoms with E-state index in [9.17, 15) is 18.4 Å². The Balaban J connectivity index is 1.71. The molecular formula is C19H18F2N2O2. The molecular weight excluding hydrogens is 326 g/mol. The molecule has 0 saturated heterocycles. The van der Waals surface area contributed by atoms with E-state index in [1.807, 2.05) is 18.2 Å². The minimum atomic E-state index is -0.789. The topological polar surface area (TPSA) is 49.4 Å². The number of hydrogen-bond donors (Lipinski definition) is 1. The van der Waals surface area contributed by atoms with Gasteiger partial charge in [0.1, 0.15) is 11.6 Å². The smallest absolute Gasteiger partial charge is 0.251 e. The molecule has 1 heterocycles. The maximum Gasteiger partial charge on any atom is 0.251 e. The number of carbonyl (C=O) groups excluding carboxylic acids is 2. The molecule has 6 heteroatoms. The van der Waals surface area contributed by atoms with Crippen molar-refractivity contribution in [1.82, 2.24) is 5.32 Å². The number of nitrogens with one attached hydrogen (secondary N) is 1. The summed E-state index contributed by atoms with van der Waals surface area (Å²) in [4.78, 5) is 25.5. The maximum atomic E-state index is 13.2. The molecule has 0 bridgehead atoms. The number of benzene rings is 2. The van der Waals surface area contributed by atoms with Crippen LogP contribution in [0.3, 0.4) is 0 Å². The quantitative estimate of drug-likeness (QED) is 0.930. The first-order valence-electron chi connectivity index (χ1n) is 8.08. The monoisotopic (exact) mass is 344 g/mol. The van der Waals surface area contributed by atoms with Gasteiger partial charge in [-0.3, -0.25) is 9.59 Å². The predicted molar refractivity (Wildman–Crippen MR) is 90.3 cm³/mol. The minimum absolute atomic E-state index is 0.00938. The van der Waals surface area contributed by atoms with Gasteiger partial charge in [0.15, 0.2) is 0 Å². The summed E-state index contributed by atoms with van der Waals surface area (Å²) in [5.41, 5.74) is 2.78. The highest BCUT2D eigenvalue weighted by atomic mass is 19.1. The molecule has 0 fully saturated rings. The molecule has 1 N–H and O–H groups in total. The molecule has 2 aromatic rings. The third-order valence-corrected chi connectivity index (χ3v) is 4.22. The molecule has 0 saturated carbocycles. The van der Waals surface area contributed by atoms with Crippen LogP contribution in [0.5, 0.6) is 0 Å². The average molecular weight is 344 g/mol. The molecule has 2 aromatic carbocycles. The average Bonchev–Trinajstić information content (AvgIpc) is 2.57. The van der Waals surface area contributed by atoms with E-state index in [1.54, 1.807) is 11.8 Å². The minimum Gasteiger partial charge on any atom is -0.348 e. The molecule has 4 nitrogen and oxygen atoms in total. The number of fused-ring (bicyclic) bond motifs is 1. The third kappa shape index (κ3) is 3.84. The number of carbonyl (C=O) groups is 2. The first-order chi connectivity index (χ1) is 11.9. The van der Waals surface area contributed by atoms with Gasteiger partial charge in [0, 0.05) is 37.3 Å². The standard InChI is InChI=1S/C19H18F2N2O2/c1-12(24)23-6-2-3-14-7-13(4-5-18(14)23)11-22-19(25)15-8-16(20)10-17(21)9-15/h4-5,7-10H,2-3,6,11H2,1H3,(H,22,25). The van der Waals surface area contributed by atoms with Gasteiger partial charge in [-0.25, -0.2) is 8.78 Å². The van der Waals surface area contributed by atoms with Gasteiger partial charge in [0.05, 0.1) is 0 Å². The van der Waals surface area contributed by atoms with Crippen molar-refractivity contribution in [2.24, 2.45) is 0 Å². The fraction of sp³-hybridized carbons (Fsp3) is 0.263. The van der Waals surface area contributed by atoms with Crippen LogP contribution in [0.25, 0.3) is 0 Å². The zero-order valence-electron chi connectivity index (χ0n) is 13.8. The van der Waals surface area contributed by atoms with Crippen LogP contribution >= 0.6 is 0 Å². The fourth-order valence-electron chi connectivity index (χ4n) is 3.06. The van der Waals surface area contributed by atoms with E-state index < -0.39 is 17.5 Å². The van der Waals surface area contributed by atoms with Gasteiger partial charge in [-0.05, 0) is 42.2 Å². The van der Waals surface area contributed by atoms with E-state index in [0.29, 0.717) is 6.54 Å². The molecule has 0 radical (unpaired) electrons. The van der Waals surface area contributed by atoms with Gasteiger partial charge in [0.2, 0.25) is 5.91 Å². The van der Waals surface area contributed by atoms with E-state index in [-0.39, 0.29) is 18.0 Å². The second-order valence-corrected chi connectivity index (χ2v) is 6.08. The lowest BCUT2D eigenvalue weighted by Crippen LogP contribution is -2.33. The number of amides is 2. The molecule has 0 aliphatic carbocycles. The second kappa shape index (κ2) is 7.01. The van der Waals surface area contributed by atoms with Crippen LogP contribution in [-0.4, -0.2) is 18.4 Å². The van der Waals surface area contributed by atoms with E-state index in [2.05, 4.69) is 5.32 Å². The Kier molecular flexibility index (Phi) is 4.79. The Labute approximate surface area is 144 Å². The normalized spacial score (nSPS) is 13.3. The maximum absolute atomic E-state index is 13.2.